The first kappa shape index (κ1) is 10.2. The summed E-state index contributed by atoms with van der Waals surface area (Å²) in [5.41, 5.74) is 1.11. The second-order valence-corrected chi connectivity index (χ2v) is 3.42. The molecule has 1 rings (SSSR count). The molecule has 1 aromatic carbocycles. The lowest BCUT2D eigenvalue weighted by Gasteiger charge is -2.16. The minimum atomic E-state index is -0.451. The maximum absolute atomic E-state index is 9.61. The van der Waals surface area contributed by atoms with Crippen LogP contribution in [0, 0.1) is 5.92 Å². The van der Waals surface area contributed by atoms with Crippen LogP contribution in [0.1, 0.15) is 12.5 Å². The summed E-state index contributed by atoms with van der Waals surface area (Å²) >= 11 is 0. The minimum Gasteiger partial charge on any atom is -0.396 e. The number of aliphatic hydroxyl groups is 2. The Morgan fingerprint density at radius 1 is 1.23 bits per heavy atom. The lowest BCUT2D eigenvalue weighted by Crippen LogP contribution is -2.23. The van der Waals surface area contributed by atoms with E-state index in [-0.39, 0.29) is 12.5 Å². The van der Waals surface area contributed by atoms with Crippen LogP contribution in [0.15, 0.2) is 30.3 Å². The molecule has 13 heavy (non-hydrogen) atoms. The van der Waals surface area contributed by atoms with E-state index in [1.165, 1.54) is 0 Å². The number of hydrogen-bond acceptors (Lipinski definition) is 2. The summed E-state index contributed by atoms with van der Waals surface area (Å²) in [4.78, 5) is 0. The Hall–Kier alpha value is -0.860. The van der Waals surface area contributed by atoms with Crippen molar-refractivity contribution in [3.05, 3.63) is 35.9 Å². The number of benzene rings is 1. The van der Waals surface area contributed by atoms with Gasteiger partial charge in [-0.25, -0.2) is 0 Å². The summed E-state index contributed by atoms with van der Waals surface area (Å²) in [7, 11) is 0. The van der Waals surface area contributed by atoms with Crippen molar-refractivity contribution in [2.75, 3.05) is 6.61 Å². The highest BCUT2D eigenvalue weighted by Gasteiger charge is 2.12. The summed E-state index contributed by atoms with van der Waals surface area (Å²) in [5, 5.41) is 18.4. The van der Waals surface area contributed by atoms with Crippen molar-refractivity contribution in [2.24, 2.45) is 5.92 Å². The molecule has 0 saturated carbocycles. The van der Waals surface area contributed by atoms with Crippen molar-refractivity contribution in [2.45, 2.75) is 19.4 Å². The molecule has 0 radical (unpaired) electrons. The van der Waals surface area contributed by atoms with Crippen molar-refractivity contribution in [3.8, 4) is 0 Å². The van der Waals surface area contributed by atoms with Crippen LogP contribution in [0.5, 0.6) is 0 Å². The Bertz CT molecular complexity index is 233. The first-order valence-corrected chi connectivity index (χ1v) is 4.57. The molecule has 0 aliphatic heterocycles. The molecular formula is C11H16O2. The highest BCUT2D eigenvalue weighted by molar-refractivity contribution is 5.15. The Kier molecular flexibility index (Phi) is 3.93. The maximum Gasteiger partial charge on any atom is 0.0627 e. The Balaban J connectivity index is 2.50. The van der Waals surface area contributed by atoms with E-state index in [1.807, 2.05) is 37.3 Å². The molecule has 0 aliphatic rings. The number of aliphatic hydroxyl groups excluding tert-OH is 2. The van der Waals surface area contributed by atoms with Crippen molar-refractivity contribution in [3.63, 3.8) is 0 Å². The first-order valence-electron chi connectivity index (χ1n) is 4.57. The van der Waals surface area contributed by atoms with Crippen molar-refractivity contribution in [1.82, 2.24) is 0 Å². The zero-order valence-electron chi connectivity index (χ0n) is 7.85. The third-order valence-electron chi connectivity index (χ3n) is 2.23. The van der Waals surface area contributed by atoms with Crippen molar-refractivity contribution in [1.29, 1.82) is 0 Å². The van der Waals surface area contributed by atoms with Gasteiger partial charge in [-0.2, -0.15) is 0 Å². The molecule has 0 bridgehead atoms. The van der Waals surface area contributed by atoms with Gasteiger partial charge >= 0.3 is 0 Å². The van der Waals surface area contributed by atoms with E-state index < -0.39 is 6.10 Å². The summed E-state index contributed by atoms with van der Waals surface area (Å²) < 4.78 is 0. The Morgan fingerprint density at radius 2 is 1.85 bits per heavy atom. The summed E-state index contributed by atoms with van der Waals surface area (Å²) in [6, 6.07) is 9.81. The lowest BCUT2D eigenvalue weighted by molar-refractivity contribution is 0.0775. The van der Waals surface area contributed by atoms with E-state index in [1.54, 1.807) is 0 Å². The van der Waals surface area contributed by atoms with Crippen LogP contribution in [0.4, 0.5) is 0 Å². The normalized spacial score (nSPS) is 15.3. The second-order valence-electron chi connectivity index (χ2n) is 3.42. The smallest absolute Gasteiger partial charge is 0.0627 e. The van der Waals surface area contributed by atoms with Gasteiger partial charge in [0.2, 0.25) is 0 Å². The molecular weight excluding hydrogens is 164 g/mol. The summed E-state index contributed by atoms with van der Waals surface area (Å²) in [6.07, 6.45) is 0.162. The maximum atomic E-state index is 9.61. The third-order valence-corrected chi connectivity index (χ3v) is 2.23. The van der Waals surface area contributed by atoms with Gasteiger partial charge in [0.15, 0.2) is 0 Å². The molecule has 1 aromatic rings. The quantitative estimate of drug-likeness (QED) is 0.731. The Labute approximate surface area is 78.8 Å². The average Bonchev–Trinajstić information content (AvgIpc) is 2.18. The van der Waals surface area contributed by atoms with Gasteiger partial charge in [-0.1, -0.05) is 37.3 Å². The molecule has 2 N–H and O–H groups in total. The first-order chi connectivity index (χ1) is 6.24. The van der Waals surface area contributed by atoms with Crippen molar-refractivity contribution >= 4 is 0 Å². The summed E-state index contributed by atoms with van der Waals surface area (Å²) in [6.45, 7) is 1.88. The lowest BCUT2D eigenvalue weighted by atomic mass is 9.98. The van der Waals surface area contributed by atoms with Gasteiger partial charge in [0.25, 0.3) is 0 Å². The zero-order valence-corrected chi connectivity index (χ0v) is 7.85. The average molecular weight is 180 g/mol. The molecule has 0 fully saturated rings. The van der Waals surface area contributed by atoms with Crippen LogP contribution >= 0.6 is 0 Å². The van der Waals surface area contributed by atoms with E-state index in [0.29, 0.717) is 6.42 Å². The topological polar surface area (TPSA) is 40.5 Å². The molecule has 0 saturated heterocycles. The van der Waals surface area contributed by atoms with Gasteiger partial charge < -0.3 is 10.2 Å². The molecule has 0 heterocycles. The molecule has 72 valence electrons. The van der Waals surface area contributed by atoms with E-state index in [9.17, 15) is 5.11 Å². The fourth-order valence-corrected chi connectivity index (χ4v) is 1.18. The van der Waals surface area contributed by atoms with Gasteiger partial charge in [0, 0.05) is 12.5 Å². The molecule has 0 amide bonds. The Morgan fingerprint density at radius 3 is 2.38 bits per heavy atom. The molecule has 2 nitrogen and oxygen atoms in total. The van der Waals surface area contributed by atoms with Crippen LogP contribution in [0.2, 0.25) is 0 Å². The van der Waals surface area contributed by atoms with Gasteiger partial charge in [0.05, 0.1) is 6.10 Å². The van der Waals surface area contributed by atoms with Gasteiger partial charge in [-0.15, -0.1) is 0 Å². The van der Waals surface area contributed by atoms with Crippen LogP contribution in [-0.2, 0) is 6.42 Å². The largest absolute Gasteiger partial charge is 0.396 e. The van der Waals surface area contributed by atoms with Crippen LogP contribution in [-0.4, -0.2) is 22.9 Å². The molecule has 0 aliphatic carbocycles. The number of rotatable bonds is 4. The highest BCUT2D eigenvalue weighted by Crippen LogP contribution is 2.09. The fraction of sp³-hybridized carbons (Fsp3) is 0.455. The number of hydrogen-bond donors (Lipinski definition) is 2. The van der Waals surface area contributed by atoms with Crippen LogP contribution < -0.4 is 0 Å². The predicted molar refractivity (Wildman–Crippen MR) is 52.4 cm³/mol. The van der Waals surface area contributed by atoms with E-state index in [4.69, 9.17) is 5.11 Å². The zero-order chi connectivity index (χ0) is 9.68. The minimum absolute atomic E-state index is 0.0357. The van der Waals surface area contributed by atoms with Gasteiger partial charge in [-0.05, 0) is 12.0 Å². The van der Waals surface area contributed by atoms with Gasteiger partial charge in [-0.3, -0.25) is 0 Å². The van der Waals surface area contributed by atoms with E-state index in [0.717, 1.165) is 5.56 Å². The van der Waals surface area contributed by atoms with E-state index in [2.05, 4.69) is 0 Å². The standard InChI is InChI=1S/C11H16O2/c1-9(8-12)11(13)7-10-5-3-2-4-6-10/h2-6,9,11-13H,7-8H2,1H3. The van der Waals surface area contributed by atoms with Crippen LogP contribution in [0.25, 0.3) is 0 Å². The van der Waals surface area contributed by atoms with Gasteiger partial charge in [0.1, 0.15) is 0 Å². The summed E-state index contributed by atoms with van der Waals surface area (Å²) in [5.74, 6) is -0.0554. The van der Waals surface area contributed by atoms with Crippen molar-refractivity contribution < 1.29 is 10.2 Å². The predicted octanol–water partition coefficient (Wildman–Crippen LogP) is 1.22. The third kappa shape index (κ3) is 3.17. The van der Waals surface area contributed by atoms with E-state index >= 15 is 0 Å². The highest BCUT2D eigenvalue weighted by atomic mass is 16.3. The molecule has 2 atom stereocenters. The molecule has 0 spiro atoms. The molecule has 0 aromatic heterocycles. The SMILES string of the molecule is CC(CO)C(O)Cc1ccccc1. The molecule has 2 heteroatoms. The molecule has 2 unspecified atom stereocenters. The monoisotopic (exact) mass is 180 g/mol. The second kappa shape index (κ2) is 5.00. The fourth-order valence-electron chi connectivity index (χ4n) is 1.18. The van der Waals surface area contributed by atoms with Crippen LogP contribution in [0.3, 0.4) is 0 Å².